The van der Waals surface area contributed by atoms with Crippen LogP contribution >= 0.6 is 15.6 Å². The van der Waals surface area contributed by atoms with Crippen molar-refractivity contribution >= 4 is 39.5 Å². The van der Waals surface area contributed by atoms with Crippen LogP contribution in [0.2, 0.25) is 0 Å². The quantitative estimate of drug-likeness (QED) is 0.0222. The van der Waals surface area contributed by atoms with Crippen molar-refractivity contribution in [2.24, 2.45) is 0 Å². The maximum atomic E-state index is 12.8. The second-order valence-corrected chi connectivity index (χ2v) is 21.8. The van der Waals surface area contributed by atoms with E-state index in [4.69, 9.17) is 37.0 Å². The van der Waals surface area contributed by atoms with E-state index in [1.165, 1.54) is 96.3 Å². The van der Waals surface area contributed by atoms with Gasteiger partial charge in [0, 0.05) is 25.7 Å². The van der Waals surface area contributed by atoms with Crippen LogP contribution in [0.1, 0.15) is 252 Å². The summed E-state index contributed by atoms with van der Waals surface area (Å²) < 4.78 is 66.5. The zero-order valence-electron chi connectivity index (χ0n) is 44.7. The van der Waals surface area contributed by atoms with Gasteiger partial charge < -0.3 is 33.8 Å². The van der Waals surface area contributed by atoms with Gasteiger partial charge in [-0.15, -0.1) is 0 Å². The number of hydrogen-bond donors (Lipinski definition) is 3. The van der Waals surface area contributed by atoms with Crippen LogP contribution in [0.5, 0.6) is 0 Å². The zero-order chi connectivity index (χ0) is 52.7. The lowest BCUT2D eigenvalue weighted by atomic mass is 10.0. The van der Waals surface area contributed by atoms with Crippen molar-refractivity contribution in [1.29, 1.82) is 0 Å². The summed E-state index contributed by atoms with van der Waals surface area (Å²) in [6.45, 7) is 4.15. The van der Waals surface area contributed by atoms with E-state index in [0.717, 1.165) is 83.5 Å². The smallest absolute Gasteiger partial charge is 0.462 e. The van der Waals surface area contributed by atoms with E-state index in [0.29, 0.717) is 19.3 Å². The number of esters is 4. The standard InChI is InChI=1S/C52H100O17P2/c1-5-9-12-15-18-20-21-22-23-24-25-27-30-33-36-39-51(56)68-47(42-62-49(54)8-4)44-66-70(58,59)64-40-46(53)41-65-71(60,61)67-45-48(69-52(57)38-35-32-28-17-14-11-7-3)43-63-50(55)37-34-31-29-26-19-16-13-10-6-2/h46-48,53H,5-45H2,1-4H3,(H,58,59)(H,60,61)/t46-,47+,48+/m0/s1. The number of phosphoric ester groups is 2. The lowest BCUT2D eigenvalue weighted by molar-refractivity contribution is -0.161. The minimum Gasteiger partial charge on any atom is -0.462 e. The molecule has 0 saturated carbocycles. The first-order valence-electron chi connectivity index (χ1n) is 27.8. The molecular formula is C52H100O17P2. The molecule has 0 amide bonds. The van der Waals surface area contributed by atoms with Gasteiger partial charge in [-0.3, -0.25) is 37.3 Å². The minimum atomic E-state index is -4.92. The molecule has 0 aromatic heterocycles. The highest BCUT2D eigenvalue weighted by atomic mass is 31.2. The topological polar surface area (TPSA) is 237 Å². The number of unbranched alkanes of at least 4 members (excludes halogenated alkanes) is 28. The summed E-state index contributed by atoms with van der Waals surface area (Å²) in [5.41, 5.74) is 0. The normalized spacial score (nSPS) is 14.5. The van der Waals surface area contributed by atoms with E-state index >= 15 is 0 Å². The summed E-state index contributed by atoms with van der Waals surface area (Å²) in [7, 11) is -9.82. The summed E-state index contributed by atoms with van der Waals surface area (Å²) >= 11 is 0. The molecule has 0 aromatic rings. The van der Waals surface area contributed by atoms with Crippen molar-refractivity contribution in [1.82, 2.24) is 0 Å². The molecule has 0 aliphatic rings. The molecule has 2 unspecified atom stereocenters. The molecule has 0 aliphatic carbocycles. The Balaban J connectivity index is 4.88. The Bertz CT molecular complexity index is 1400. The fraction of sp³-hybridized carbons (Fsp3) is 0.923. The number of aliphatic hydroxyl groups is 1. The molecule has 0 aromatic carbocycles. The molecule has 0 fully saturated rings. The molecule has 19 heteroatoms. The Kier molecular flexibility index (Phi) is 46.4. The molecule has 3 N–H and O–H groups in total. The molecule has 420 valence electrons. The Labute approximate surface area is 428 Å². The van der Waals surface area contributed by atoms with Crippen molar-refractivity contribution < 1.29 is 80.2 Å². The molecule has 17 nitrogen and oxygen atoms in total. The van der Waals surface area contributed by atoms with Crippen LogP contribution in [0.4, 0.5) is 0 Å². The number of carbonyl (C=O) groups excluding carboxylic acids is 4. The highest BCUT2D eigenvalue weighted by Crippen LogP contribution is 2.45. The monoisotopic (exact) mass is 1060 g/mol. The molecule has 0 radical (unpaired) electrons. The Morgan fingerprint density at radius 1 is 0.352 bits per heavy atom. The zero-order valence-corrected chi connectivity index (χ0v) is 46.5. The highest BCUT2D eigenvalue weighted by molar-refractivity contribution is 7.47. The molecule has 0 spiro atoms. The molecule has 0 aliphatic heterocycles. The fourth-order valence-electron chi connectivity index (χ4n) is 7.55. The SMILES string of the molecule is CCCCCCCCCCCCCCCCCC(=O)O[C@H](COC(=O)CC)COP(=O)(O)OC[C@H](O)COP(=O)(O)OC[C@@H](COC(=O)CCCCCCCCCCC)OC(=O)CCCCCCCCC. The number of phosphoric acid groups is 2. The van der Waals surface area contributed by atoms with Crippen LogP contribution in [0.3, 0.4) is 0 Å². The third-order valence-electron chi connectivity index (χ3n) is 11.9. The molecule has 0 bridgehead atoms. The first-order chi connectivity index (χ1) is 34.2. The lowest BCUT2D eigenvalue weighted by Gasteiger charge is -2.21. The summed E-state index contributed by atoms with van der Waals surface area (Å²) in [6.07, 6.45) is 30.6. The molecule has 5 atom stereocenters. The van der Waals surface area contributed by atoms with Crippen molar-refractivity contribution in [3.8, 4) is 0 Å². The third-order valence-corrected chi connectivity index (χ3v) is 13.8. The number of aliphatic hydroxyl groups excluding tert-OH is 1. The Morgan fingerprint density at radius 2 is 0.606 bits per heavy atom. The molecule has 71 heavy (non-hydrogen) atoms. The van der Waals surface area contributed by atoms with Crippen LogP contribution in [-0.4, -0.2) is 96.7 Å². The van der Waals surface area contributed by atoms with E-state index in [9.17, 15) is 43.2 Å². The van der Waals surface area contributed by atoms with Gasteiger partial charge in [0.2, 0.25) is 0 Å². The van der Waals surface area contributed by atoms with Crippen LogP contribution < -0.4 is 0 Å². The van der Waals surface area contributed by atoms with Crippen molar-refractivity contribution in [3.63, 3.8) is 0 Å². The second kappa shape index (κ2) is 47.8. The summed E-state index contributed by atoms with van der Waals surface area (Å²) in [6, 6.07) is 0. The van der Waals surface area contributed by atoms with Gasteiger partial charge in [-0.2, -0.15) is 0 Å². The van der Waals surface area contributed by atoms with E-state index in [-0.39, 0.29) is 25.7 Å². The molecule has 0 rings (SSSR count). The van der Waals surface area contributed by atoms with Crippen LogP contribution in [-0.2, 0) is 65.4 Å². The van der Waals surface area contributed by atoms with E-state index in [1.54, 1.807) is 6.92 Å². The van der Waals surface area contributed by atoms with E-state index in [1.807, 2.05) is 0 Å². The van der Waals surface area contributed by atoms with Gasteiger partial charge in [-0.05, 0) is 19.3 Å². The third kappa shape index (κ3) is 47.5. The van der Waals surface area contributed by atoms with Gasteiger partial charge in [0.05, 0.1) is 26.4 Å². The van der Waals surface area contributed by atoms with Gasteiger partial charge in [0.1, 0.15) is 19.3 Å². The van der Waals surface area contributed by atoms with Gasteiger partial charge in [-0.1, -0.05) is 207 Å². The van der Waals surface area contributed by atoms with Crippen LogP contribution in [0.25, 0.3) is 0 Å². The van der Waals surface area contributed by atoms with Gasteiger partial charge >= 0.3 is 39.5 Å². The number of hydrogen-bond acceptors (Lipinski definition) is 15. The first kappa shape index (κ1) is 69.1. The number of rotatable bonds is 53. The molecule has 0 heterocycles. The fourth-order valence-corrected chi connectivity index (χ4v) is 9.13. The van der Waals surface area contributed by atoms with Crippen LogP contribution in [0.15, 0.2) is 0 Å². The molecule has 0 saturated heterocycles. The van der Waals surface area contributed by atoms with Gasteiger partial charge in [-0.25, -0.2) is 9.13 Å². The van der Waals surface area contributed by atoms with Gasteiger partial charge in [0.25, 0.3) is 0 Å². The number of ether oxygens (including phenoxy) is 4. The maximum absolute atomic E-state index is 12.8. The van der Waals surface area contributed by atoms with E-state index < -0.39 is 97.5 Å². The Hall–Kier alpha value is -1.94. The van der Waals surface area contributed by atoms with Gasteiger partial charge in [0.15, 0.2) is 12.2 Å². The van der Waals surface area contributed by atoms with Crippen LogP contribution in [0, 0.1) is 0 Å². The Morgan fingerprint density at radius 3 is 0.901 bits per heavy atom. The minimum absolute atomic E-state index is 0.0519. The summed E-state index contributed by atoms with van der Waals surface area (Å²) in [5, 5.41) is 10.4. The number of carbonyl (C=O) groups is 4. The van der Waals surface area contributed by atoms with Crippen molar-refractivity contribution in [2.75, 3.05) is 39.6 Å². The molecular weight excluding hydrogens is 959 g/mol. The first-order valence-corrected chi connectivity index (χ1v) is 30.8. The largest absolute Gasteiger partial charge is 0.472 e. The predicted octanol–water partition coefficient (Wildman–Crippen LogP) is 13.3. The van der Waals surface area contributed by atoms with Crippen molar-refractivity contribution in [2.45, 2.75) is 271 Å². The van der Waals surface area contributed by atoms with Crippen molar-refractivity contribution in [3.05, 3.63) is 0 Å². The summed E-state index contributed by atoms with van der Waals surface area (Å²) in [4.78, 5) is 70.3. The second-order valence-electron chi connectivity index (χ2n) is 18.9. The maximum Gasteiger partial charge on any atom is 0.472 e. The van der Waals surface area contributed by atoms with E-state index in [2.05, 4.69) is 20.8 Å². The summed E-state index contributed by atoms with van der Waals surface area (Å²) in [5.74, 6) is -2.25. The average molecular weight is 1060 g/mol. The predicted molar refractivity (Wildman–Crippen MR) is 275 cm³/mol. The average Bonchev–Trinajstić information content (AvgIpc) is 3.34. The highest BCUT2D eigenvalue weighted by Gasteiger charge is 2.30. The lowest BCUT2D eigenvalue weighted by Crippen LogP contribution is -2.30.